The minimum absolute atomic E-state index is 0.0199. The maximum atomic E-state index is 14.4. The highest BCUT2D eigenvalue weighted by Crippen LogP contribution is 2.46. The SMILES string of the molecule is CC(C)(C)OC(=O)N[C@H]1CCCCCC=C[C@@H]2C[C@@]2(C(=O)NS(=O)(=O)C2CC2)NC[C@@H]2C[C@@](O)(c3ccc(-c4ccccc4)cc3)CN2C1=O. The van der Waals surface area contributed by atoms with Crippen molar-refractivity contribution >= 4 is 27.9 Å². The first-order valence-corrected chi connectivity index (χ1v) is 19.4. The molecule has 4 aliphatic rings. The lowest BCUT2D eigenvalue weighted by molar-refractivity contribution is -0.135. The smallest absolute Gasteiger partial charge is 0.408 e. The van der Waals surface area contributed by atoms with E-state index in [0.29, 0.717) is 37.7 Å². The van der Waals surface area contributed by atoms with Crippen LogP contribution < -0.4 is 15.4 Å². The number of nitrogens with zero attached hydrogens (tertiary/aromatic N) is 1. The van der Waals surface area contributed by atoms with Gasteiger partial charge in [0.1, 0.15) is 22.8 Å². The maximum absolute atomic E-state index is 14.4. The fraction of sp³-hybridized carbons (Fsp3) is 0.553. The minimum Gasteiger partial charge on any atom is -0.444 e. The molecule has 50 heavy (non-hydrogen) atoms. The number of nitrogens with one attached hydrogen (secondary N) is 3. The standard InChI is InChI=1S/C38H50N4O7S/c1-36(2,3)49-35(45)40-32-15-11-6-4-5-10-14-29-22-38(29,34(44)41-50(47,48)31-20-21-31)39-24-30-23-37(46,25-42(30)33(32)43)28-18-16-27(17-19-28)26-12-8-7-9-13-26/h7-10,12-14,16-19,29-32,39,46H,4-6,11,15,20-25H2,1-3H3,(H,40,45)(H,41,44)/t29-,30+,32+,37+,38-/m1/s1. The highest BCUT2D eigenvalue weighted by molar-refractivity contribution is 7.91. The summed E-state index contributed by atoms with van der Waals surface area (Å²) < 4.78 is 33.4. The topological polar surface area (TPSA) is 154 Å². The number of hydrogen-bond donors (Lipinski definition) is 4. The molecule has 12 heteroatoms. The molecular weight excluding hydrogens is 657 g/mol. The molecule has 0 unspecified atom stereocenters. The Labute approximate surface area is 295 Å². The summed E-state index contributed by atoms with van der Waals surface area (Å²) in [7, 11) is -3.77. The quantitative estimate of drug-likeness (QED) is 0.320. The third kappa shape index (κ3) is 8.24. The number of benzene rings is 2. The van der Waals surface area contributed by atoms with Crippen LogP contribution in [-0.2, 0) is 30.0 Å². The van der Waals surface area contributed by atoms with Gasteiger partial charge < -0.3 is 25.4 Å². The van der Waals surface area contributed by atoms with Gasteiger partial charge in [0.25, 0.3) is 5.91 Å². The van der Waals surface area contributed by atoms with Gasteiger partial charge in [-0.2, -0.15) is 0 Å². The number of carbonyl (C=O) groups is 3. The second-order valence-electron chi connectivity index (χ2n) is 15.4. The van der Waals surface area contributed by atoms with E-state index in [0.717, 1.165) is 30.4 Å². The summed E-state index contributed by atoms with van der Waals surface area (Å²) in [5.41, 5.74) is -0.632. The van der Waals surface area contributed by atoms with E-state index in [9.17, 15) is 27.9 Å². The van der Waals surface area contributed by atoms with Gasteiger partial charge >= 0.3 is 6.09 Å². The summed E-state index contributed by atoms with van der Waals surface area (Å²) in [6.07, 6.45) is 8.55. The maximum Gasteiger partial charge on any atom is 0.408 e. The van der Waals surface area contributed by atoms with E-state index in [1.807, 2.05) is 66.7 Å². The Kier molecular flexibility index (Phi) is 10.2. The summed E-state index contributed by atoms with van der Waals surface area (Å²) in [4.78, 5) is 42.7. The molecular formula is C38H50N4O7S. The molecule has 0 aromatic heterocycles. The highest BCUT2D eigenvalue weighted by Gasteiger charge is 2.60. The van der Waals surface area contributed by atoms with Crippen molar-refractivity contribution in [3.8, 4) is 11.1 Å². The Bertz CT molecular complexity index is 1700. The van der Waals surface area contributed by atoms with Gasteiger partial charge in [-0.25, -0.2) is 13.2 Å². The van der Waals surface area contributed by atoms with Crippen LogP contribution in [0.5, 0.6) is 0 Å². The van der Waals surface area contributed by atoms with Crippen molar-refractivity contribution in [2.75, 3.05) is 13.1 Å². The third-order valence-corrected chi connectivity index (χ3v) is 12.1. The lowest BCUT2D eigenvalue weighted by atomic mass is 9.89. The number of carbonyl (C=O) groups excluding carboxylic acids is 3. The predicted molar refractivity (Wildman–Crippen MR) is 190 cm³/mol. The monoisotopic (exact) mass is 706 g/mol. The zero-order valence-electron chi connectivity index (χ0n) is 29.2. The van der Waals surface area contributed by atoms with Crippen LogP contribution in [0.3, 0.4) is 0 Å². The molecule has 270 valence electrons. The van der Waals surface area contributed by atoms with Gasteiger partial charge in [-0.05, 0) is 76.0 Å². The first-order chi connectivity index (χ1) is 23.7. The number of ether oxygens (including phenoxy) is 1. The second-order valence-corrected chi connectivity index (χ2v) is 17.4. The molecule has 2 aromatic carbocycles. The van der Waals surface area contributed by atoms with Crippen molar-refractivity contribution < 1.29 is 32.6 Å². The average molecular weight is 707 g/mol. The van der Waals surface area contributed by atoms with Crippen molar-refractivity contribution in [1.29, 1.82) is 0 Å². The number of fused-ring (bicyclic) bond motifs is 2. The van der Waals surface area contributed by atoms with E-state index in [4.69, 9.17) is 4.74 Å². The summed E-state index contributed by atoms with van der Waals surface area (Å²) in [6, 6.07) is 16.1. The van der Waals surface area contributed by atoms with Crippen LogP contribution in [0, 0.1) is 5.92 Å². The second kappa shape index (κ2) is 14.1. The highest BCUT2D eigenvalue weighted by atomic mass is 32.2. The van der Waals surface area contributed by atoms with E-state index >= 15 is 0 Å². The van der Waals surface area contributed by atoms with Crippen LogP contribution in [-0.4, -0.2) is 77.9 Å². The van der Waals surface area contributed by atoms with Gasteiger partial charge in [-0.3, -0.25) is 14.3 Å². The first kappa shape index (κ1) is 36.1. The Balaban J connectivity index is 1.29. The van der Waals surface area contributed by atoms with E-state index in [1.54, 1.807) is 25.7 Å². The summed E-state index contributed by atoms with van der Waals surface area (Å²) >= 11 is 0. The molecule has 6 rings (SSSR count). The molecule has 3 amide bonds. The van der Waals surface area contributed by atoms with Gasteiger partial charge in [0.15, 0.2) is 0 Å². The molecule has 11 nitrogen and oxygen atoms in total. The lowest BCUT2D eigenvalue weighted by Crippen LogP contribution is -2.56. The molecule has 2 aromatic rings. The zero-order valence-corrected chi connectivity index (χ0v) is 30.0. The number of rotatable bonds is 6. The third-order valence-electron chi connectivity index (χ3n) is 10.3. The van der Waals surface area contributed by atoms with Crippen molar-refractivity contribution in [1.82, 2.24) is 20.3 Å². The molecule has 4 N–H and O–H groups in total. The van der Waals surface area contributed by atoms with Gasteiger partial charge in [0.2, 0.25) is 15.9 Å². The van der Waals surface area contributed by atoms with Crippen LogP contribution >= 0.6 is 0 Å². The minimum atomic E-state index is -3.77. The van der Waals surface area contributed by atoms with Gasteiger partial charge in [0.05, 0.1) is 11.8 Å². The van der Waals surface area contributed by atoms with Crippen LogP contribution in [0.25, 0.3) is 11.1 Å². The van der Waals surface area contributed by atoms with Gasteiger partial charge in [0, 0.05) is 24.9 Å². The Morgan fingerprint density at radius 1 is 0.960 bits per heavy atom. The van der Waals surface area contributed by atoms with Crippen molar-refractivity contribution in [2.45, 2.75) is 113 Å². The number of allylic oxidation sites excluding steroid dienone is 1. The molecule has 2 aliphatic carbocycles. The van der Waals surface area contributed by atoms with Crippen molar-refractivity contribution in [2.24, 2.45) is 5.92 Å². The van der Waals surface area contributed by atoms with Crippen molar-refractivity contribution in [3.63, 3.8) is 0 Å². The van der Waals surface area contributed by atoms with Crippen LogP contribution in [0.2, 0.25) is 0 Å². The van der Waals surface area contributed by atoms with Gasteiger partial charge in [-0.15, -0.1) is 0 Å². The van der Waals surface area contributed by atoms with Gasteiger partial charge in [-0.1, -0.05) is 79.6 Å². The molecule has 2 heterocycles. The normalized spacial score (nSPS) is 29.2. The lowest BCUT2D eigenvalue weighted by Gasteiger charge is -2.31. The number of hydrogen-bond acceptors (Lipinski definition) is 8. The number of amides is 3. The molecule has 0 spiro atoms. The van der Waals surface area contributed by atoms with E-state index in [-0.39, 0.29) is 31.3 Å². The fourth-order valence-electron chi connectivity index (χ4n) is 7.23. The zero-order chi connectivity index (χ0) is 35.7. The Morgan fingerprint density at radius 3 is 2.34 bits per heavy atom. The molecule has 2 aliphatic heterocycles. The number of alkyl carbamates (subject to hydrolysis) is 1. The molecule has 0 radical (unpaired) electrons. The first-order valence-electron chi connectivity index (χ1n) is 17.9. The number of sulfonamides is 1. The summed E-state index contributed by atoms with van der Waals surface area (Å²) in [5.74, 6) is -1.14. The molecule has 2 saturated carbocycles. The largest absolute Gasteiger partial charge is 0.444 e. The molecule has 5 atom stereocenters. The molecule has 3 fully saturated rings. The summed E-state index contributed by atoms with van der Waals surface area (Å²) in [6.45, 7) is 5.40. The van der Waals surface area contributed by atoms with Crippen LogP contribution in [0.1, 0.15) is 84.1 Å². The fourth-order valence-corrected chi connectivity index (χ4v) is 8.59. The Morgan fingerprint density at radius 2 is 1.66 bits per heavy atom. The van der Waals surface area contributed by atoms with Crippen LogP contribution in [0.15, 0.2) is 66.7 Å². The molecule has 0 bridgehead atoms. The van der Waals surface area contributed by atoms with Crippen molar-refractivity contribution in [3.05, 3.63) is 72.3 Å². The van der Waals surface area contributed by atoms with E-state index in [1.165, 1.54) is 0 Å². The Hall–Kier alpha value is -3.74. The summed E-state index contributed by atoms with van der Waals surface area (Å²) in [5, 5.41) is 17.9. The van der Waals surface area contributed by atoms with E-state index < -0.39 is 56.1 Å². The average Bonchev–Trinajstić information content (AvgIpc) is 3.99. The van der Waals surface area contributed by atoms with Crippen LogP contribution in [0.4, 0.5) is 4.79 Å². The number of aliphatic hydroxyl groups is 1. The van der Waals surface area contributed by atoms with E-state index in [2.05, 4.69) is 15.4 Å². The predicted octanol–water partition coefficient (Wildman–Crippen LogP) is 4.51. The molecule has 1 saturated heterocycles.